The molecule has 3 atom stereocenters. The van der Waals surface area contributed by atoms with Crippen LogP contribution >= 0.6 is 23.2 Å². The Labute approximate surface area is 218 Å². The van der Waals surface area contributed by atoms with E-state index in [1.807, 2.05) is 0 Å². The van der Waals surface area contributed by atoms with Crippen molar-refractivity contribution in [2.45, 2.75) is 24.2 Å². The van der Waals surface area contributed by atoms with Crippen LogP contribution in [-0.4, -0.2) is 87.7 Å². The minimum Gasteiger partial charge on any atom is -0.477 e. The summed E-state index contributed by atoms with van der Waals surface area (Å²) in [6, 6.07) is 0.153. The summed E-state index contributed by atoms with van der Waals surface area (Å²) in [7, 11) is 1.51. The SMILES string of the molecule is CN1[C@H](Cl)C=C2N=CC3=C(C(C(F)(F)F)CN3C(=O)Nc3cc(Cl)c(C(=O)O)c(O[C@H]4CCNC4)n3)N21. The van der Waals surface area contributed by atoms with Crippen molar-refractivity contribution in [3.05, 3.63) is 39.9 Å². The van der Waals surface area contributed by atoms with Gasteiger partial charge in [0.1, 0.15) is 34.7 Å². The van der Waals surface area contributed by atoms with Crippen LogP contribution in [0.2, 0.25) is 5.02 Å². The Hall–Kier alpha value is -3.07. The number of likely N-dealkylation sites (N-methyl/N-ethyl adjacent to an activating group) is 1. The summed E-state index contributed by atoms with van der Waals surface area (Å²) in [6.45, 7) is 0.413. The van der Waals surface area contributed by atoms with Gasteiger partial charge in [-0.3, -0.25) is 15.2 Å². The normalized spacial score (nSPS) is 25.4. The van der Waals surface area contributed by atoms with Crippen LogP contribution in [0.4, 0.5) is 23.8 Å². The molecule has 4 aliphatic rings. The second kappa shape index (κ2) is 9.35. The Balaban J connectivity index is 1.45. The fraction of sp³-hybridized carbons (Fsp3) is 0.429. The number of alkyl halides is 4. The highest BCUT2D eigenvalue weighted by Gasteiger charge is 2.54. The van der Waals surface area contributed by atoms with Gasteiger partial charge >= 0.3 is 18.2 Å². The molecule has 1 aromatic heterocycles. The van der Waals surface area contributed by atoms with Crippen LogP contribution < -0.4 is 15.4 Å². The van der Waals surface area contributed by atoms with Crippen LogP contribution in [0.15, 0.2) is 34.3 Å². The molecular weight excluding hydrogens is 542 g/mol. The highest BCUT2D eigenvalue weighted by atomic mass is 35.5. The summed E-state index contributed by atoms with van der Waals surface area (Å²) in [6.07, 6.45) is -1.76. The number of carbonyl (C=O) groups excluding carboxylic acids is 1. The first-order valence-corrected chi connectivity index (χ1v) is 11.9. The number of aromatic carboxylic acids is 1. The first kappa shape index (κ1) is 25.6. The lowest BCUT2D eigenvalue weighted by molar-refractivity contribution is -0.169. The number of pyridine rings is 1. The predicted molar refractivity (Wildman–Crippen MR) is 126 cm³/mol. The van der Waals surface area contributed by atoms with E-state index in [1.54, 1.807) is 0 Å². The number of aromatic nitrogens is 1. The van der Waals surface area contributed by atoms with Crippen molar-refractivity contribution in [2.24, 2.45) is 10.9 Å². The Morgan fingerprint density at radius 3 is 2.76 bits per heavy atom. The molecule has 0 aromatic carbocycles. The number of halogens is 5. The molecule has 0 spiro atoms. The molecule has 1 fully saturated rings. The van der Waals surface area contributed by atoms with Crippen molar-refractivity contribution in [1.82, 2.24) is 25.2 Å². The van der Waals surface area contributed by atoms with E-state index in [4.69, 9.17) is 27.9 Å². The van der Waals surface area contributed by atoms with Gasteiger partial charge in [0.15, 0.2) is 0 Å². The largest absolute Gasteiger partial charge is 0.477 e. The zero-order valence-corrected chi connectivity index (χ0v) is 20.6. The van der Waals surface area contributed by atoms with Crippen LogP contribution in [0.25, 0.3) is 0 Å². The summed E-state index contributed by atoms with van der Waals surface area (Å²) in [5.41, 5.74) is -1.35. The van der Waals surface area contributed by atoms with Gasteiger partial charge in [0.05, 0.1) is 22.6 Å². The number of aliphatic imine (C=N–C) groups is 1. The molecule has 11 nitrogen and oxygen atoms in total. The molecule has 0 radical (unpaired) electrons. The highest BCUT2D eigenvalue weighted by molar-refractivity contribution is 6.34. The maximum atomic E-state index is 14.1. The van der Waals surface area contributed by atoms with Crippen molar-refractivity contribution < 1.29 is 32.6 Å². The van der Waals surface area contributed by atoms with E-state index in [1.165, 1.54) is 29.4 Å². The number of anilines is 1. The standard InChI is InChI=1S/C21H20Cl2F3N7O4/c1-31-13(23)5-15-28-7-12-17(33(15)31)10(21(24,25)26)8-32(12)20(36)30-14-4-11(22)16(19(34)35)18(29-14)37-9-2-3-27-6-9/h4-5,7,9-10,13,27H,2-3,6,8H2,1H3,(H,34,35)(H,29,30,36)/t9-,10?,13-/m0/s1. The van der Waals surface area contributed by atoms with Crippen LogP contribution in [-0.2, 0) is 0 Å². The van der Waals surface area contributed by atoms with E-state index in [-0.39, 0.29) is 45.6 Å². The van der Waals surface area contributed by atoms with E-state index < -0.39 is 36.1 Å². The number of carboxylic acids is 1. The van der Waals surface area contributed by atoms with E-state index in [2.05, 4.69) is 20.6 Å². The second-order valence-corrected chi connectivity index (χ2v) is 9.51. The van der Waals surface area contributed by atoms with Crippen LogP contribution in [0.5, 0.6) is 5.88 Å². The molecule has 4 aliphatic heterocycles. The van der Waals surface area contributed by atoms with Gasteiger partial charge in [-0.1, -0.05) is 23.2 Å². The van der Waals surface area contributed by atoms with Gasteiger partial charge in [0.2, 0.25) is 5.88 Å². The summed E-state index contributed by atoms with van der Waals surface area (Å²) >= 11 is 12.3. The molecule has 37 heavy (non-hydrogen) atoms. The number of carbonyl (C=O) groups is 2. The number of hydrogen-bond acceptors (Lipinski definition) is 8. The molecule has 1 unspecified atom stereocenters. The molecule has 0 saturated carbocycles. The Morgan fingerprint density at radius 2 is 2.11 bits per heavy atom. The number of urea groups is 1. The molecule has 1 saturated heterocycles. The van der Waals surface area contributed by atoms with Crippen LogP contribution in [0, 0.1) is 5.92 Å². The quantitative estimate of drug-likeness (QED) is 0.378. The molecule has 2 amide bonds. The summed E-state index contributed by atoms with van der Waals surface area (Å²) < 4.78 is 47.9. The van der Waals surface area contributed by atoms with Gasteiger partial charge in [-0.05, 0) is 19.0 Å². The van der Waals surface area contributed by atoms with Gasteiger partial charge in [-0.25, -0.2) is 14.6 Å². The number of allylic oxidation sites excluding steroid dienone is 1. The number of rotatable bonds is 4. The van der Waals surface area contributed by atoms with Gasteiger partial charge < -0.3 is 15.2 Å². The number of fused-ring (bicyclic) bond motifs is 2. The fourth-order valence-corrected chi connectivity index (χ4v) is 4.98. The van der Waals surface area contributed by atoms with Gasteiger partial charge in [0.25, 0.3) is 0 Å². The van der Waals surface area contributed by atoms with Crippen molar-refractivity contribution in [2.75, 3.05) is 32.0 Å². The number of hydrogen-bond donors (Lipinski definition) is 3. The Bertz CT molecular complexity index is 1250. The maximum absolute atomic E-state index is 14.1. The molecule has 3 N–H and O–H groups in total. The van der Waals surface area contributed by atoms with Gasteiger partial charge in [-0.2, -0.15) is 23.2 Å². The van der Waals surface area contributed by atoms with Gasteiger partial charge in [0, 0.05) is 26.2 Å². The fourth-order valence-electron chi connectivity index (χ4n) is 4.52. The van der Waals surface area contributed by atoms with Crippen molar-refractivity contribution in [3.8, 4) is 5.88 Å². The minimum atomic E-state index is -4.67. The van der Waals surface area contributed by atoms with Gasteiger partial charge in [-0.15, -0.1) is 0 Å². The first-order valence-electron chi connectivity index (χ1n) is 11.1. The van der Waals surface area contributed by atoms with E-state index in [0.29, 0.717) is 19.5 Å². The van der Waals surface area contributed by atoms with E-state index in [9.17, 15) is 27.9 Å². The van der Waals surface area contributed by atoms with E-state index >= 15 is 0 Å². The Kier molecular flexibility index (Phi) is 6.46. The molecule has 0 aliphatic carbocycles. The number of nitrogens with one attached hydrogen (secondary N) is 2. The van der Waals surface area contributed by atoms with Crippen molar-refractivity contribution >= 4 is 47.2 Å². The lowest BCUT2D eigenvalue weighted by Gasteiger charge is -2.34. The molecular formula is C21H20Cl2F3N7O4. The smallest absolute Gasteiger partial charge is 0.399 e. The topological polar surface area (TPSA) is 123 Å². The molecule has 198 valence electrons. The number of amides is 2. The number of ether oxygens (including phenoxy) is 1. The summed E-state index contributed by atoms with van der Waals surface area (Å²) in [4.78, 5) is 34.1. The van der Waals surface area contributed by atoms with Crippen molar-refractivity contribution in [3.63, 3.8) is 0 Å². The summed E-state index contributed by atoms with van der Waals surface area (Å²) in [5, 5.41) is 17.4. The average molecular weight is 562 g/mol. The molecule has 0 bridgehead atoms. The monoisotopic (exact) mass is 561 g/mol. The number of carboxylic acid groups (broad SMARTS) is 1. The van der Waals surface area contributed by atoms with Crippen molar-refractivity contribution in [1.29, 1.82) is 0 Å². The zero-order valence-electron chi connectivity index (χ0n) is 19.1. The third-order valence-corrected chi connectivity index (χ3v) is 7.00. The molecule has 16 heteroatoms. The second-order valence-electron chi connectivity index (χ2n) is 8.65. The zero-order chi connectivity index (χ0) is 26.6. The third-order valence-electron chi connectivity index (χ3n) is 6.29. The highest BCUT2D eigenvalue weighted by Crippen LogP contribution is 2.46. The molecule has 1 aromatic rings. The van der Waals surface area contributed by atoms with Crippen LogP contribution in [0.3, 0.4) is 0 Å². The average Bonchev–Trinajstić information content (AvgIpc) is 3.51. The number of hydrazine groups is 1. The Morgan fingerprint density at radius 1 is 1.35 bits per heavy atom. The lowest BCUT2D eigenvalue weighted by Crippen LogP contribution is -2.42. The van der Waals surface area contributed by atoms with Crippen LogP contribution in [0.1, 0.15) is 16.8 Å². The lowest BCUT2D eigenvalue weighted by atomic mass is 10.1. The molecule has 5 heterocycles. The maximum Gasteiger partial charge on any atom is 0.399 e. The summed E-state index contributed by atoms with van der Waals surface area (Å²) in [5.74, 6) is -3.66. The third kappa shape index (κ3) is 4.58. The first-order chi connectivity index (χ1) is 17.5. The van der Waals surface area contributed by atoms with E-state index in [0.717, 1.165) is 11.0 Å². The number of nitrogens with zero attached hydrogens (tertiary/aromatic N) is 5. The predicted octanol–water partition coefficient (Wildman–Crippen LogP) is 3.06. The molecule has 5 rings (SSSR count). The minimum absolute atomic E-state index is 0.0589.